The summed E-state index contributed by atoms with van der Waals surface area (Å²) in [5, 5.41) is 26.1. The standard InChI is InChI=1S/C59H40.C55H36S/c1-59(2)57-44(27-14-28-53(57)56-47-20-7-5-18-45(47)46-19-6-12-25-52(46)58(56)59)39-31-35-41(36-32-39)55-50-23-10-8-21-48(50)54(49-22-9-11-24-51(49)55)40-33-29-38(30-34-40)43-26-13-16-37-15-3-4-17-42(37)43;1-55(2)53-36(23-13-24-46(53)52-40-17-5-3-14-37(40)38-15-4-10-22-45(38)54(52)55)33-26-28-34(29-27-33)50-41-18-6-8-20-43(41)51(44-21-9-7-19-42(44)50)35-30-31-49-47(32-35)39-16-11-12-25-48(39)56-49/h3-36H,1-2H3;3-32H,1-2H3. The molecule has 538 valence electrons. The van der Waals surface area contributed by atoms with E-state index in [2.05, 4.69) is 416 Å². The Labute approximate surface area is 672 Å². The second-order valence-electron chi connectivity index (χ2n) is 32.6. The Kier molecular flexibility index (Phi) is 15.1. The summed E-state index contributed by atoms with van der Waals surface area (Å²) >= 11 is 1.88. The van der Waals surface area contributed by atoms with E-state index in [4.69, 9.17) is 0 Å². The molecule has 0 nitrogen and oxygen atoms in total. The third kappa shape index (κ3) is 10.1. The highest BCUT2D eigenvalue weighted by molar-refractivity contribution is 7.25. The lowest BCUT2D eigenvalue weighted by atomic mass is 9.76. The SMILES string of the molecule is CC1(C)c2c(-c3ccc(-c4c5ccccc5c(-c5ccc(-c6cccc7ccccc67)cc5)c5ccccc45)cc3)cccc2-c2c1c1ccccc1c1ccccc21.CC1(C)c2c(-c3ccc(-c4c5ccccc5c(-c5ccc6sc7ccccc7c6c5)c5ccccc45)cc3)cccc2-c2c1c1ccccc1c1ccccc21. The Morgan fingerprint density at radius 1 is 0.157 bits per heavy atom. The van der Waals surface area contributed by atoms with Crippen LogP contribution in [-0.4, -0.2) is 0 Å². The molecule has 1 aromatic heterocycles. The quantitative estimate of drug-likeness (QED) is 0.110. The molecule has 0 fully saturated rings. The van der Waals surface area contributed by atoms with Gasteiger partial charge in [-0.25, -0.2) is 0 Å². The van der Waals surface area contributed by atoms with Gasteiger partial charge in [0, 0.05) is 31.0 Å². The Balaban J connectivity index is 0.000000136. The van der Waals surface area contributed by atoms with Gasteiger partial charge in [-0.15, -0.1) is 11.3 Å². The lowest BCUT2D eigenvalue weighted by Crippen LogP contribution is -2.17. The maximum Gasteiger partial charge on any atom is 0.0355 e. The fraction of sp³-hybridized carbons (Fsp3) is 0.0526. The first-order valence-corrected chi connectivity index (χ1v) is 41.2. The number of hydrogen-bond donors (Lipinski definition) is 0. The molecule has 0 saturated carbocycles. The van der Waals surface area contributed by atoms with Crippen LogP contribution in [0.4, 0.5) is 0 Å². The summed E-state index contributed by atoms with van der Waals surface area (Å²) in [4.78, 5) is 0. The zero-order chi connectivity index (χ0) is 76.4. The molecule has 0 bridgehead atoms. The third-order valence-corrected chi connectivity index (χ3v) is 27.0. The van der Waals surface area contributed by atoms with Gasteiger partial charge in [0.05, 0.1) is 0 Å². The Hall–Kier alpha value is -13.8. The Bertz CT molecular complexity index is 7740. The summed E-state index contributed by atoms with van der Waals surface area (Å²) in [6.07, 6.45) is 0. The molecule has 2 aliphatic carbocycles. The van der Waals surface area contributed by atoms with E-state index in [9.17, 15) is 0 Å². The first-order valence-electron chi connectivity index (χ1n) is 40.4. The minimum atomic E-state index is -0.182. The smallest absolute Gasteiger partial charge is 0.0355 e. The molecule has 0 N–H and O–H groups in total. The summed E-state index contributed by atoms with van der Waals surface area (Å²) in [5.74, 6) is 0. The van der Waals surface area contributed by atoms with Crippen LogP contribution in [0.3, 0.4) is 0 Å². The predicted octanol–water partition coefficient (Wildman–Crippen LogP) is 32.4. The second-order valence-corrected chi connectivity index (χ2v) is 33.7. The molecule has 22 aromatic rings. The molecule has 0 spiro atoms. The molecule has 1 heteroatoms. The average molecular weight is 1480 g/mol. The fourth-order valence-electron chi connectivity index (χ4n) is 21.0. The number of rotatable bonds is 7. The number of fused-ring (bicyclic) bond motifs is 24. The number of hydrogen-bond acceptors (Lipinski definition) is 1. The largest absolute Gasteiger partial charge is 0.135 e. The molecule has 0 amide bonds. The molecule has 0 atom stereocenters. The van der Waals surface area contributed by atoms with Crippen LogP contribution < -0.4 is 0 Å². The molecule has 24 rings (SSSR count). The molecule has 21 aromatic carbocycles. The molecule has 2 aliphatic rings. The van der Waals surface area contributed by atoms with Gasteiger partial charge in [-0.3, -0.25) is 0 Å². The van der Waals surface area contributed by atoms with Crippen LogP contribution >= 0.6 is 11.3 Å². The number of thiophene rings is 1. The Morgan fingerprint density at radius 2 is 0.409 bits per heavy atom. The summed E-state index contributed by atoms with van der Waals surface area (Å²) in [6.45, 7) is 9.70. The van der Waals surface area contributed by atoms with E-state index >= 15 is 0 Å². The molecular formula is C114H76S. The van der Waals surface area contributed by atoms with Crippen molar-refractivity contribution in [1.82, 2.24) is 0 Å². The minimum absolute atomic E-state index is 0.176. The first kappa shape index (κ1) is 66.9. The van der Waals surface area contributed by atoms with Crippen LogP contribution in [-0.2, 0) is 10.8 Å². The van der Waals surface area contributed by atoms with Gasteiger partial charge in [0.15, 0.2) is 0 Å². The summed E-state index contributed by atoms with van der Waals surface area (Å²) in [5.41, 5.74) is 28.5. The van der Waals surface area contributed by atoms with Gasteiger partial charge in [0.25, 0.3) is 0 Å². The van der Waals surface area contributed by atoms with Crippen molar-refractivity contribution in [3.63, 3.8) is 0 Å². The average Bonchev–Trinajstić information content (AvgIpc) is 1.53. The van der Waals surface area contributed by atoms with Crippen molar-refractivity contribution in [2.45, 2.75) is 38.5 Å². The van der Waals surface area contributed by atoms with Gasteiger partial charge in [0.2, 0.25) is 0 Å². The van der Waals surface area contributed by atoms with Gasteiger partial charge in [-0.2, -0.15) is 0 Å². The van der Waals surface area contributed by atoms with E-state index in [0.717, 1.165) is 0 Å². The van der Waals surface area contributed by atoms with Crippen molar-refractivity contribution in [2.75, 3.05) is 0 Å². The van der Waals surface area contributed by atoms with E-state index in [1.165, 1.54) is 240 Å². The first-order chi connectivity index (χ1) is 56.6. The van der Waals surface area contributed by atoms with Crippen LogP contribution in [0.1, 0.15) is 49.9 Å². The van der Waals surface area contributed by atoms with Crippen LogP contribution in [0, 0.1) is 0 Å². The van der Waals surface area contributed by atoms with E-state index in [0.29, 0.717) is 0 Å². The molecule has 0 unspecified atom stereocenters. The van der Waals surface area contributed by atoms with Gasteiger partial charge in [-0.05, 0) is 238 Å². The lowest BCUT2D eigenvalue weighted by Gasteiger charge is -2.26. The van der Waals surface area contributed by atoms with Gasteiger partial charge >= 0.3 is 0 Å². The molecule has 1 heterocycles. The molecule has 0 saturated heterocycles. The van der Waals surface area contributed by atoms with Crippen molar-refractivity contribution in [3.05, 3.63) is 411 Å². The summed E-state index contributed by atoms with van der Waals surface area (Å²) in [7, 11) is 0. The van der Waals surface area contributed by atoms with E-state index in [-0.39, 0.29) is 10.8 Å². The third-order valence-electron chi connectivity index (χ3n) is 25.8. The maximum atomic E-state index is 2.43. The topological polar surface area (TPSA) is 0 Å². The van der Waals surface area contributed by atoms with Gasteiger partial charge in [0.1, 0.15) is 0 Å². The van der Waals surface area contributed by atoms with Crippen LogP contribution in [0.25, 0.3) is 217 Å². The monoisotopic (exact) mass is 1480 g/mol. The van der Waals surface area contributed by atoms with Crippen molar-refractivity contribution < 1.29 is 0 Å². The normalized spacial score (nSPS) is 13.2. The van der Waals surface area contributed by atoms with Gasteiger partial charge in [-0.1, -0.05) is 398 Å². The zero-order valence-electron chi connectivity index (χ0n) is 64.4. The van der Waals surface area contributed by atoms with Crippen molar-refractivity contribution in [2.24, 2.45) is 0 Å². The maximum absolute atomic E-state index is 2.43. The minimum Gasteiger partial charge on any atom is -0.135 e. The highest BCUT2D eigenvalue weighted by Crippen LogP contribution is 2.60. The van der Waals surface area contributed by atoms with E-state index in [1.54, 1.807) is 0 Å². The van der Waals surface area contributed by atoms with E-state index in [1.807, 2.05) is 11.3 Å². The van der Waals surface area contributed by atoms with Crippen molar-refractivity contribution in [1.29, 1.82) is 0 Å². The molecule has 115 heavy (non-hydrogen) atoms. The lowest BCUT2D eigenvalue weighted by molar-refractivity contribution is 0.668. The second kappa shape index (κ2) is 25.9. The zero-order valence-corrected chi connectivity index (χ0v) is 65.2. The van der Waals surface area contributed by atoms with Gasteiger partial charge < -0.3 is 0 Å². The van der Waals surface area contributed by atoms with E-state index < -0.39 is 0 Å². The Morgan fingerprint density at radius 3 is 0.809 bits per heavy atom. The van der Waals surface area contributed by atoms with Crippen molar-refractivity contribution in [3.8, 4) is 100 Å². The van der Waals surface area contributed by atoms with Crippen molar-refractivity contribution >= 4 is 128 Å². The molecule has 0 aliphatic heterocycles. The predicted molar refractivity (Wildman–Crippen MR) is 497 cm³/mol. The number of benzene rings is 21. The highest BCUT2D eigenvalue weighted by atomic mass is 32.1. The fourth-order valence-corrected chi connectivity index (χ4v) is 22.1. The van der Waals surface area contributed by atoms with Crippen LogP contribution in [0.2, 0.25) is 0 Å². The van der Waals surface area contributed by atoms with Crippen LogP contribution in [0.5, 0.6) is 0 Å². The summed E-state index contributed by atoms with van der Waals surface area (Å²) in [6, 6.07) is 145. The molecule has 0 radical (unpaired) electrons. The molecular weight excluding hydrogens is 1400 g/mol. The summed E-state index contributed by atoms with van der Waals surface area (Å²) < 4.78 is 2.67. The highest BCUT2D eigenvalue weighted by Gasteiger charge is 2.42. The van der Waals surface area contributed by atoms with Crippen LogP contribution in [0.15, 0.2) is 388 Å².